The average molecular weight is 314 g/mol. The van der Waals surface area contributed by atoms with Gasteiger partial charge in [-0.05, 0) is 30.9 Å². The van der Waals surface area contributed by atoms with E-state index in [1.807, 2.05) is 6.07 Å². The SMILES string of the molecule is CCCC1=NCCc2c([nH]c3cc(OC)c(OC)cc23)C(C)C1. The molecule has 23 heavy (non-hydrogen) atoms. The number of nitrogens with zero attached hydrogens (tertiary/aromatic N) is 1. The number of H-pyrrole nitrogens is 1. The maximum absolute atomic E-state index is 5.47. The molecule has 0 spiro atoms. The van der Waals surface area contributed by atoms with Crippen molar-refractivity contribution in [2.24, 2.45) is 4.99 Å². The number of rotatable bonds is 4. The summed E-state index contributed by atoms with van der Waals surface area (Å²) in [7, 11) is 3.36. The maximum Gasteiger partial charge on any atom is 0.162 e. The Morgan fingerprint density at radius 2 is 1.96 bits per heavy atom. The Labute approximate surface area is 137 Å². The summed E-state index contributed by atoms with van der Waals surface area (Å²) in [5.74, 6) is 2.01. The molecule has 2 aromatic rings. The predicted molar refractivity (Wildman–Crippen MR) is 95.3 cm³/mol. The van der Waals surface area contributed by atoms with Gasteiger partial charge < -0.3 is 14.5 Å². The molecule has 0 amide bonds. The molecule has 2 heterocycles. The van der Waals surface area contributed by atoms with Crippen LogP contribution in [0, 0.1) is 0 Å². The van der Waals surface area contributed by atoms with Gasteiger partial charge in [-0.25, -0.2) is 0 Å². The van der Waals surface area contributed by atoms with E-state index in [9.17, 15) is 0 Å². The second kappa shape index (κ2) is 6.65. The number of hydrogen-bond acceptors (Lipinski definition) is 3. The van der Waals surface area contributed by atoms with Gasteiger partial charge in [-0.1, -0.05) is 20.3 Å². The molecule has 0 bridgehead atoms. The zero-order chi connectivity index (χ0) is 16.4. The van der Waals surface area contributed by atoms with Crippen molar-refractivity contribution in [1.29, 1.82) is 0 Å². The molecule has 4 heteroatoms. The van der Waals surface area contributed by atoms with Gasteiger partial charge in [0, 0.05) is 40.8 Å². The minimum absolute atomic E-state index is 0.458. The van der Waals surface area contributed by atoms with Crippen LogP contribution in [0.15, 0.2) is 17.1 Å². The van der Waals surface area contributed by atoms with E-state index in [0.29, 0.717) is 5.92 Å². The highest BCUT2D eigenvalue weighted by atomic mass is 16.5. The summed E-state index contributed by atoms with van der Waals surface area (Å²) in [5.41, 5.74) is 5.21. The van der Waals surface area contributed by atoms with Crippen LogP contribution < -0.4 is 9.47 Å². The van der Waals surface area contributed by atoms with Crippen LogP contribution in [0.5, 0.6) is 11.5 Å². The Bertz CT molecular complexity index is 731. The molecule has 0 aliphatic carbocycles. The molecule has 124 valence electrons. The first-order valence-corrected chi connectivity index (χ1v) is 8.46. The Kier molecular flexibility index (Phi) is 4.60. The van der Waals surface area contributed by atoms with E-state index in [2.05, 4.69) is 24.9 Å². The van der Waals surface area contributed by atoms with Crippen molar-refractivity contribution in [3.8, 4) is 11.5 Å². The fourth-order valence-electron chi connectivity index (χ4n) is 3.60. The van der Waals surface area contributed by atoms with E-state index >= 15 is 0 Å². The maximum atomic E-state index is 5.47. The molecule has 0 saturated carbocycles. The lowest BCUT2D eigenvalue weighted by atomic mass is 9.92. The number of nitrogens with one attached hydrogen (secondary N) is 1. The summed E-state index contributed by atoms with van der Waals surface area (Å²) < 4.78 is 10.9. The molecule has 4 nitrogen and oxygen atoms in total. The molecule has 0 saturated heterocycles. The lowest BCUT2D eigenvalue weighted by Gasteiger charge is -2.17. The molecule has 1 N–H and O–H groups in total. The van der Waals surface area contributed by atoms with Gasteiger partial charge in [0.2, 0.25) is 0 Å². The summed E-state index contributed by atoms with van der Waals surface area (Å²) in [6, 6.07) is 4.13. The highest BCUT2D eigenvalue weighted by Gasteiger charge is 2.21. The van der Waals surface area contributed by atoms with Crippen LogP contribution in [-0.4, -0.2) is 31.5 Å². The van der Waals surface area contributed by atoms with E-state index in [4.69, 9.17) is 14.5 Å². The number of aliphatic imine (C=N–C) groups is 1. The minimum atomic E-state index is 0.458. The van der Waals surface area contributed by atoms with Gasteiger partial charge in [0.05, 0.1) is 14.2 Å². The molecule has 1 aromatic heterocycles. The van der Waals surface area contributed by atoms with Crippen LogP contribution in [0.1, 0.15) is 50.3 Å². The molecular formula is C19H26N2O2. The number of benzene rings is 1. The third-order valence-corrected chi connectivity index (χ3v) is 4.71. The van der Waals surface area contributed by atoms with Crippen LogP contribution >= 0.6 is 0 Å². The summed E-state index contributed by atoms with van der Waals surface area (Å²) in [6.07, 6.45) is 4.30. The zero-order valence-corrected chi connectivity index (χ0v) is 14.5. The summed E-state index contributed by atoms with van der Waals surface area (Å²) in [5, 5.41) is 1.23. The van der Waals surface area contributed by atoms with Crippen molar-refractivity contribution in [1.82, 2.24) is 4.98 Å². The van der Waals surface area contributed by atoms with Crippen LogP contribution in [0.3, 0.4) is 0 Å². The number of methoxy groups -OCH3 is 2. The largest absolute Gasteiger partial charge is 0.493 e. The lowest BCUT2D eigenvalue weighted by molar-refractivity contribution is 0.356. The normalized spacial score (nSPS) is 18.1. The second-order valence-corrected chi connectivity index (χ2v) is 6.32. The van der Waals surface area contributed by atoms with Crippen LogP contribution in [0.2, 0.25) is 0 Å². The average Bonchev–Trinajstić information content (AvgIpc) is 2.89. The Morgan fingerprint density at radius 1 is 1.22 bits per heavy atom. The smallest absolute Gasteiger partial charge is 0.162 e. The van der Waals surface area contributed by atoms with Crippen molar-refractivity contribution < 1.29 is 9.47 Å². The predicted octanol–water partition coefficient (Wildman–Crippen LogP) is 4.48. The molecule has 1 atom stereocenters. The summed E-state index contributed by atoms with van der Waals surface area (Å²) in [4.78, 5) is 8.46. The van der Waals surface area contributed by atoms with E-state index in [0.717, 1.165) is 42.8 Å². The van der Waals surface area contributed by atoms with Gasteiger partial charge in [0.25, 0.3) is 0 Å². The van der Waals surface area contributed by atoms with Gasteiger partial charge in [0.15, 0.2) is 11.5 Å². The fraction of sp³-hybridized carbons (Fsp3) is 0.526. The van der Waals surface area contributed by atoms with E-state index in [1.165, 1.54) is 28.8 Å². The molecule has 0 radical (unpaired) electrons. The van der Waals surface area contributed by atoms with Crippen molar-refractivity contribution in [3.63, 3.8) is 0 Å². The molecule has 1 aliphatic rings. The quantitative estimate of drug-likeness (QED) is 0.904. The van der Waals surface area contributed by atoms with Gasteiger partial charge >= 0.3 is 0 Å². The molecular weight excluding hydrogens is 288 g/mol. The lowest BCUT2D eigenvalue weighted by Crippen LogP contribution is -2.11. The Hall–Kier alpha value is -1.97. The monoisotopic (exact) mass is 314 g/mol. The third kappa shape index (κ3) is 2.94. The number of aromatic amines is 1. The van der Waals surface area contributed by atoms with Crippen LogP contribution in [0.4, 0.5) is 0 Å². The number of ether oxygens (including phenoxy) is 2. The first-order valence-electron chi connectivity index (χ1n) is 8.46. The topological polar surface area (TPSA) is 46.6 Å². The highest BCUT2D eigenvalue weighted by Crippen LogP contribution is 2.38. The van der Waals surface area contributed by atoms with E-state index in [-0.39, 0.29) is 0 Å². The molecule has 3 rings (SSSR count). The first kappa shape index (κ1) is 15.9. The molecule has 1 unspecified atom stereocenters. The number of aromatic nitrogens is 1. The Morgan fingerprint density at radius 3 is 2.65 bits per heavy atom. The number of hydrogen-bond donors (Lipinski definition) is 1. The first-order chi connectivity index (χ1) is 11.2. The van der Waals surface area contributed by atoms with Gasteiger partial charge in [-0.15, -0.1) is 0 Å². The number of fused-ring (bicyclic) bond motifs is 3. The van der Waals surface area contributed by atoms with Crippen LogP contribution in [0.25, 0.3) is 10.9 Å². The third-order valence-electron chi connectivity index (χ3n) is 4.71. The standard InChI is InChI=1S/C19H26N2O2/c1-5-6-13-9-12(2)19-14(7-8-20-13)15-10-17(22-3)18(23-4)11-16(15)21-19/h10-12,21H,5-9H2,1-4H3. The highest BCUT2D eigenvalue weighted by molar-refractivity contribution is 5.90. The van der Waals surface area contributed by atoms with E-state index < -0.39 is 0 Å². The molecule has 1 aliphatic heterocycles. The zero-order valence-electron chi connectivity index (χ0n) is 14.5. The minimum Gasteiger partial charge on any atom is -0.493 e. The van der Waals surface area contributed by atoms with Gasteiger partial charge in [0.1, 0.15) is 0 Å². The molecule has 1 aromatic carbocycles. The fourth-order valence-corrected chi connectivity index (χ4v) is 3.60. The van der Waals surface area contributed by atoms with E-state index in [1.54, 1.807) is 14.2 Å². The van der Waals surface area contributed by atoms with Crippen molar-refractivity contribution in [2.75, 3.05) is 20.8 Å². The van der Waals surface area contributed by atoms with Crippen LogP contribution in [-0.2, 0) is 6.42 Å². The van der Waals surface area contributed by atoms with Crippen molar-refractivity contribution in [3.05, 3.63) is 23.4 Å². The summed E-state index contributed by atoms with van der Waals surface area (Å²) in [6.45, 7) is 5.38. The van der Waals surface area contributed by atoms with Gasteiger partial charge in [-0.3, -0.25) is 4.99 Å². The van der Waals surface area contributed by atoms with Gasteiger partial charge in [-0.2, -0.15) is 0 Å². The van der Waals surface area contributed by atoms with Crippen molar-refractivity contribution in [2.45, 2.75) is 45.4 Å². The molecule has 0 fully saturated rings. The Balaban J connectivity index is 2.06. The second-order valence-electron chi connectivity index (χ2n) is 6.32. The van der Waals surface area contributed by atoms with Crippen molar-refractivity contribution >= 4 is 16.6 Å². The summed E-state index contributed by atoms with van der Waals surface area (Å²) >= 11 is 0.